The second-order valence-corrected chi connectivity index (χ2v) is 8.81. The molecule has 31 heavy (non-hydrogen) atoms. The number of aromatic nitrogens is 1. The van der Waals surface area contributed by atoms with E-state index in [0.29, 0.717) is 19.6 Å². The molecule has 3 heterocycles. The zero-order valence-electron chi connectivity index (χ0n) is 17.8. The zero-order valence-corrected chi connectivity index (χ0v) is 18.7. The van der Waals surface area contributed by atoms with Crippen molar-refractivity contribution < 1.29 is 22.8 Å². The van der Waals surface area contributed by atoms with E-state index in [2.05, 4.69) is 15.6 Å². The van der Waals surface area contributed by atoms with Gasteiger partial charge in [-0.3, -0.25) is 14.5 Å². The molecule has 2 aromatic rings. The van der Waals surface area contributed by atoms with Crippen LogP contribution in [0.25, 0.3) is 10.2 Å². The van der Waals surface area contributed by atoms with Gasteiger partial charge in [0, 0.05) is 44.1 Å². The first kappa shape index (κ1) is 23.3. The predicted octanol–water partition coefficient (Wildman–Crippen LogP) is 2.71. The number of thiophene rings is 1. The van der Waals surface area contributed by atoms with Crippen molar-refractivity contribution in [2.45, 2.75) is 39.0 Å². The van der Waals surface area contributed by atoms with Crippen LogP contribution in [0.3, 0.4) is 0 Å². The lowest BCUT2D eigenvalue weighted by Crippen LogP contribution is -2.54. The van der Waals surface area contributed by atoms with Crippen molar-refractivity contribution in [3.05, 3.63) is 22.6 Å². The molecule has 7 nitrogen and oxygen atoms in total. The summed E-state index contributed by atoms with van der Waals surface area (Å²) in [6.45, 7) is 7.35. The van der Waals surface area contributed by atoms with E-state index in [-0.39, 0.29) is 46.1 Å². The van der Waals surface area contributed by atoms with Gasteiger partial charge >= 0.3 is 6.18 Å². The summed E-state index contributed by atoms with van der Waals surface area (Å²) in [6.07, 6.45) is -4.57. The van der Waals surface area contributed by atoms with E-state index in [0.717, 1.165) is 17.4 Å². The number of nitrogens with one attached hydrogen (secondary N) is 2. The molecule has 170 valence electrons. The normalized spacial score (nSPS) is 17.9. The van der Waals surface area contributed by atoms with Gasteiger partial charge in [0.1, 0.15) is 5.82 Å². The number of alkyl halides is 3. The molecule has 0 unspecified atom stereocenters. The first-order chi connectivity index (χ1) is 14.5. The van der Waals surface area contributed by atoms with Gasteiger partial charge in [-0.1, -0.05) is 0 Å². The van der Waals surface area contributed by atoms with Gasteiger partial charge in [-0.05, 0) is 26.8 Å². The Labute approximate surface area is 182 Å². The van der Waals surface area contributed by atoms with Crippen LogP contribution in [0.4, 0.5) is 19.0 Å². The number of carbonyl (C=O) groups is 2. The molecule has 2 amide bonds. The molecule has 1 saturated heterocycles. The lowest BCUT2D eigenvalue weighted by molar-refractivity contribution is -0.136. The molecule has 2 N–H and O–H groups in total. The number of rotatable bonds is 5. The van der Waals surface area contributed by atoms with E-state index in [1.54, 1.807) is 4.90 Å². The Balaban J connectivity index is 1.90. The van der Waals surface area contributed by atoms with E-state index in [1.807, 2.05) is 25.7 Å². The Kier molecular flexibility index (Phi) is 6.75. The Morgan fingerprint density at radius 2 is 2.03 bits per heavy atom. The first-order valence-corrected chi connectivity index (χ1v) is 10.9. The van der Waals surface area contributed by atoms with E-state index in [1.165, 1.54) is 12.4 Å². The van der Waals surface area contributed by atoms with E-state index < -0.39 is 17.6 Å². The molecule has 0 saturated carbocycles. The summed E-state index contributed by atoms with van der Waals surface area (Å²) >= 11 is 0.865. The summed E-state index contributed by atoms with van der Waals surface area (Å²) in [4.78, 5) is 32.4. The topological polar surface area (TPSA) is 77.6 Å². The highest BCUT2D eigenvalue weighted by Crippen LogP contribution is 2.40. The fourth-order valence-corrected chi connectivity index (χ4v) is 4.76. The van der Waals surface area contributed by atoms with Crippen molar-refractivity contribution in [3.63, 3.8) is 0 Å². The van der Waals surface area contributed by atoms with Gasteiger partial charge in [0.2, 0.25) is 5.91 Å². The molecular weight excluding hydrogens is 431 g/mol. The van der Waals surface area contributed by atoms with Crippen LogP contribution < -0.4 is 15.5 Å². The van der Waals surface area contributed by atoms with Crippen molar-refractivity contribution in [1.82, 2.24) is 20.5 Å². The number of anilines is 1. The maximum absolute atomic E-state index is 13.8. The smallest absolute Gasteiger partial charge is 0.355 e. The SMILES string of the molecule is CNC(=O)c1csc2c(C(F)(F)F)cc(N3CCN(CC(=O)NC(C)C)C[C@H]3C)nc12. The third-order valence-corrected chi connectivity index (χ3v) is 6.11. The quantitative estimate of drug-likeness (QED) is 0.722. The van der Waals surface area contributed by atoms with Crippen LogP contribution in [-0.4, -0.2) is 67.0 Å². The number of carbonyl (C=O) groups excluding carboxylic acids is 2. The first-order valence-electron chi connectivity index (χ1n) is 10.0. The summed E-state index contributed by atoms with van der Waals surface area (Å²) in [7, 11) is 1.43. The van der Waals surface area contributed by atoms with Gasteiger partial charge in [-0.2, -0.15) is 13.2 Å². The van der Waals surface area contributed by atoms with Crippen LogP contribution in [0.15, 0.2) is 11.4 Å². The highest BCUT2D eigenvalue weighted by Gasteiger charge is 2.36. The van der Waals surface area contributed by atoms with E-state index >= 15 is 0 Å². The lowest BCUT2D eigenvalue weighted by Gasteiger charge is -2.40. The summed E-state index contributed by atoms with van der Waals surface area (Å²) < 4.78 is 41.3. The molecule has 2 aromatic heterocycles. The summed E-state index contributed by atoms with van der Waals surface area (Å²) in [5.74, 6) is -0.372. The number of hydrogen-bond acceptors (Lipinski definition) is 6. The molecule has 1 fully saturated rings. The number of halogens is 3. The van der Waals surface area contributed by atoms with Gasteiger partial charge in [0.25, 0.3) is 5.91 Å². The molecule has 1 aliphatic heterocycles. The number of fused-ring (bicyclic) bond motifs is 1. The largest absolute Gasteiger partial charge is 0.417 e. The summed E-state index contributed by atoms with van der Waals surface area (Å²) in [5, 5.41) is 6.70. The minimum atomic E-state index is -4.57. The Hall–Kier alpha value is -2.40. The minimum Gasteiger partial charge on any atom is -0.355 e. The van der Waals surface area contributed by atoms with Gasteiger partial charge in [-0.15, -0.1) is 11.3 Å². The number of nitrogens with zero attached hydrogens (tertiary/aromatic N) is 3. The molecule has 0 bridgehead atoms. The minimum absolute atomic E-state index is 0.0445. The zero-order chi connectivity index (χ0) is 22.9. The predicted molar refractivity (Wildman–Crippen MR) is 115 cm³/mol. The Morgan fingerprint density at radius 3 is 2.61 bits per heavy atom. The van der Waals surface area contributed by atoms with Crippen molar-refractivity contribution in [2.75, 3.05) is 38.1 Å². The van der Waals surface area contributed by atoms with Crippen molar-refractivity contribution >= 4 is 39.2 Å². The third-order valence-electron chi connectivity index (χ3n) is 5.11. The van der Waals surface area contributed by atoms with Crippen LogP contribution in [0.5, 0.6) is 0 Å². The molecule has 0 spiro atoms. The third kappa shape index (κ3) is 5.09. The maximum atomic E-state index is 13.8. The number of piperazine rings is 1. The average Bonchev–Trinajstić information content (AvgIpc) is 3.09. The fourth-order valence-electron chi connectivity index (χ4n) is 3.74. The molecule has 0 aromatic carbocycles. The molecular formula is C20H26F3N5O2S. The molecule has 0 radical (unpaired) electrons. The monoisotopic (exact) mass is 457 g/mol. The maximum Gasteiger partial charge on any atom is 0.417 e. The Bertz CT molecular complexity index is 976. The standard InChI is InChI=1S/C20H26F3N5O2S/c1-11(2)25-16(29)9-27-5-6-28(12(3)8-27)15-7-14(20(21,22)23)18-17(26-15)13(10-31-18)19(30)24-4/h7,10-12H,5-6,8-9H2,1-4H3,(H,24,30)(H,25,29)/t12-/m1/s1. The molecule has 11 heteroatoms. The van der Waals surface area contributed by atoms with Crippen LogP contribution in [0.1, 0.15) is 36.7 Å². The number of hydrogen-bond donors (Lipinski definition) is 2. The fraction of sp³-hybridized carbons (Fsp3) is 0.550. The van der Waals surface area contributed by atoms with Crippen LogP contribution in [0.2, 0.25) is 0 Å². The highest BCUT2D eigenvalue weighted by molar-refractivity contribution is 7.17. The Morgan fingerprint density at radius 1 is 1.32 bits per heavy atom. The number of amides is 2. The van der Waals surface area contributed by atoms with Gasteiger partial charge < -0.3 is 15.5 Å². The lowest BCUT2D eigenvalue weighted by atomic mass is 10.1. The molecule has 3 rings (SSSR count). The molecule has 0 aliphatic carbocycles. The van der Waals surface area contributed by atoms with Crippen LogP contribution in [-0.2, 0) is 11.0 Å². The van der Waals surface area contributed by atoms with Crippen molar-refractivity contribution in [2.24, 2.45) is 0 Å². The second kappa shape index (κ2) is 8.99. The number of pyridine rings is 1. The molecule has 1 aliphatic rings. The van der Waals surface area contributed by atoms with Crippen molar-refractivity contribution in [3.8, 4) is 0 Å². The van der Waals surface area contributed by atoms with Gasteiger partial charge in [0.15, 0.2) is 0 Å². The van der Waals surface area contributed by atoms with Gasteiger partial charge in [0.05, 0.1) is 27.9 Å². The van der Waals surface area contributed by atoms with Crippen LogP contribution in [0, 0.1) is 0 Å². The van der Waals surface area contributed by atoms with Gasteiger partial charge in [-0.25, -0.2) is 4.98 Å². The highest BCUT2D eigenvalue weighted by atomic mass is 32.1. The summed E-state index contributed by atoms with van der Waals surface area (Å²) in [6, 6.07) is 0.946. The second-order valence-electron chi connectivity index (χ2n) is 7.93. The van der Waals surface area contributed by atoms with E-state index in [9.17, 15) is 22.8 Å². The van der Waals surface area contributed by atoms with E-state index in [4.69, 9.17) is 0 Å². The van der Waals surface area contributed by atoms with Crippen molar-refractivity contribution in [1.29, 1.82) is 0 Å². The summed E-state index contributed by atoms with van der Waals surface area (Å²) in [5.41, 5.74) is -0.606. The van der Waals surface area contributed by atoms with Crippen LogP contribution >= 0.6 is 11.3 Å². The average molecular weight is 458 g/mol. The molecule has 1 atom stereocenters.